The number of sulfone groups is 1. The molecule has 0 heterocycles. The largest absolute Gasteiger partial charge is 0.410 e. The van der Waals surface area contributed by atoms with Crippen molar-refractivity contribution in [3.05, 3.63) is 54.6 Å². The Hall–Kier alpha value is -1.50. The van der Waals surface area contributed by atoms with Crippen molar-refractivity contribution in [1.29, 1.82) is 0 Å². The van der Waals surface area contributed by atoms with Gasteiger partial charge in [0, 0.05) is 11.3 Å². The zero-order chi connectivity index (χ0) is 25.7. The van der Waals surface area contributed by atoms with Gasteiger partial charge in [-0.05, 0) is 54.1 Å². The Bertz CT molecular complexity index is 1080. The van der Waals surface area contributed by atoms with E-state index in [4.69, 9.17) is 4.43 Å². The molecule has 1 aromatic rings. The van der Waals surface area contributed by atoms with E-state index in [0.29, 0.717) is 11.3 Å². The molecule has 0 saturated heterocycles. The molecule has 0 spiro atoms. The molecule has 3 rings (SSSR count). The van der Waals surface area contributed by atoms with Crippen LogP contribution in [0.4, 0.5) is 0 Å². The second-order valence-corrected chi connectivity index (χ2v) is 19.6. The number of benzene rings is 1. The molecule has 2 aliphatic carbocycles. The van der Waals surface area contributed by atoms with Gasteiger partial charge in [0.05, 0.1) is 16.2 Å². The second-order valence-electron chi connectivity index (χ2n) is 12.7. The van der Waals surface area contributed by atoms with Crippen molar-refractivity contribution >= 4 is 23.9 Å². The highest BCUT2D eigenvalue weighted by molar-refractivity contribution is 7.92. The maximum absolute atomic E-state index is 14.1. The number of ketones is 1. The number of carbonyl (C=O) groups excluding carboxylic acids is 1. The molecule has 0 fully saturated rings. The van der Waals surface area contributed by atoms with Crippen LogP contribution in [0.5, 0.6) is 0 Å². The molecule has 0 aliphatic heterocycles. The summed E-state index contributed by atoms with van der Waals surface area (Å²) < 4.78 is 35.2. The Morgan fingerprint density at radius 3 is 2.18 bits per heavy atom. The van der Waals surface area contributed by atoms with Gasteiger partial charge in [-0.1, -0.05) is 84.9 Å². The average molecular weight is 503 g/mol. The van der Waals surface area contributed by atoms with E-state index in [-0.39, 0.29) is 22.8 Å². The monoisotopic (exact) mass is 502 g/mol. The van der Waals surface area contributed by atoms with Crippen LogP contribution in [0.15, 0.2) is 59.5 Å². The molecule has 0 bridgehead atoms. The van der Waals surface area contributed by atoms with Crippen molar-refractivity contribution < 1.29 is 17.6 Å². The summed E-state index contributed by atoms with van der Waals surface area (Å²) in [7, 11) is -5.81. The smallest absolute Gasteiger partial charge is 0.192 e. The normalized spacial score (nSPS) is 33.0. The van der Waals surface area contributed by atoms with E-state index in [2.05, 4.69) is 66.8 Å². The Kier molecular flexibility index (Phi) is 7.06. The first-order valence-corrected chi connectivity index (χ1v) is 16.8. The molecule has 4 nitrogen and oxygen atoms in total. The number of carbonyl (C=O) groups is 1. The Morgan fingerprint density at radius 2 is 1.62 bits per heavy atom. The predicted molar refractivity (Wildman–Crippen MR) is 142 cm³/mol. The van der Waals surface area contributed by atoms with Gasteiger partial charge in [0.25, 0.3) is 0 Å². The Morgan fingerprint density at radius 1 is 1.03 bits per heavy atom. The van der Waals surface area contributed by atoms with Gasteiger partial charge in [0.15, 0.2) is 23.9 Å². The lowest BCUT2D eigenvalue weighted by atomic mass is 9.61. The van der Waals surface area contributed by atoms with Crippen LogP contribution in [0.2, 0.25) is 18.1 Å². The first-order valence-electron chi connectivity index (χ1n) is 12.3. The highest BCUT2D eigenvalue weighted by Crippen LogP contribution is 2.51. The van der Waals surface area contributed by atoms with Crippen LogP contribution in [0.25, 0.3) is 0 Å². The van der Waals surface area contributed by atoms with Crippen LogP contribution in [-0.4, -0.2) is 33.9 Å². The maximum Gasteiger partial charge on any atom is 0.192 e. The van der Waals surface area contributed by atoms with Crippen molar-refractivity contribution in [1.82, 2.24) is 0 Å². The van der Waals surface area contributed by atoms with Crippen LogP contribution in [0.3, 0.4) is 0 Å². The van der Waals surface area contributed by atoms with Crippen LogP contribution in [0, 0.1) is 22.7 Å². The molecule has 188 valence electrons. The molecule has 0 N–H and O–H groups in total. The molecule has 0 aromatic heterocycles. The van der Waals surface area contributed by atoms with E-state index in [0.717, 1.165) is 0 Å². The summed E-state index contributed by atoms with van der Waals surface area (Å²) in [4.78, 5) is 13.1. The lowest BCUT2D eigenvalue weighted by Gasteiger charge is -2.50. The van der Waals surface area contributed by atoms with Crippen LogP contribution < -0.4 is 0 Å². The third kappa shape index (κ3) is 4.91. The lowest BCUT2D eigenvalue weighted by molar-refractivity contribution is -0.121. The minimum Gasteiger partial charge on any atom is -0.410 e. The lowest BCUT2D eigenvalue weighted by Crippen LogP contribution is -2.53. The summed E-state index contributed by atoms with van der Waals surface area (Å²) in [6.07, 6.45) is 8.00. The predicted octanol–water partition coefficient (Wildman–Crippen LogP) is 6.60. The highest BCUT2D eigenvalue weighted by Gasteiger charge is 2.53. The van der Waals surface area contributed by atoms with E-state index in [1.54, 1.807) is 30.3 Å². The second kappa shape index (κ2) is 8.86. The van der Waals surface area contributed by atoms with Gasteiger partial charge in [0.1, 0.15) is 0 Å². The molecule has 1 aromatic carbocycles. The summed E-state index contributed by atoms with van der Waals surface area (Å²) in [5.41, 5.74) is -1.00. The van der Waals surface area contributed by atoms with Crippen molar-refractivity contribution in [2.24, 2.45) is 22.7 Å². The zero-order valence-corrected chi connectivity index (χ0v) is 24.1. The first kappa shape index (κ1) is 27.1. The molecule has 2 aliphatic rings. The quantitative estimate of drug-likeness (QED) is 0.344. The van der Waals surface area contributed by atoms with Gasteiger partial charge in [-0.15, -0.1) is 0 Å². The average Bonchev–Trinajstić information content (AvgIpc) is 2.72. The SMILES string of the molecule is C[C@@H]1C(=O)C=C[C@@]2(C)/C=C\[C@H](O[Si](C)(C)C(C)(C)C)C(C)(C)C[C@@H](S(=O)(=O)c3ccccc3)[C@@H]12. The topological polar surface area (TPSA) is 60.4 Å². The molecule has 0 unspecified atom stereocenters. The molecule has 0 amide bonds. The fraction of sp³-hybridized carbons (Fsp3) is 0.607. The Balaban J connectivity index is 2.20. The number of rotatable bonds is 4. The van der Waals surface area contributed by atoms with Crippen molar-refractivity contribution in [2.75, 3.05) is 0 Å². The third-order valence-corrected chi connectivity index (χ3v) is 15.2. The minimum atomic E-state index is -3.70. The van der Waals surface area contributed by atoms with E-state index < -0.39 is 40.2 Å². The number of fused-ring (bicyclic) bond motifs is 1. The standard InChI is InChI=1S/C28H42O4SSi/c1-20-22(29)15-17-28(7)18-16-24(32-34(8,9)26(2,3)4)27(5,6)19-23(25(20)28)33(30,31)21-13-11-10-12-14-21/h10-18,20,23-25H,19H2,1-9H3/b18-16-/t20-,23-,24+,25-,28+/m1/s1. The fourth-order valence-corrected chi connectivity index (χ4v) is 9.06. The van der Waals surface area contributed by atoms with Gasteiger partial charge in [-0.3, -0.25) is 4.79 Å². The molecule has 5 atom stereocenters. The third-order valence-electron chi connectivity index (χ3n) is 8.54. The van der Waals surface area contributed by atoms with Crippen molar-refractivity contribution in [3.8, 4) is 0 Å². The molecular weight excluding hydrogens is 460 g/mol. The summed E-state index contributed by atoms with van der Waals surface area (Å²) in [5, 5.41) is -0.679. The van der Waals surface area contributed by atoms with Crippen molar-refractivity contribution in [3.63, 3.8) is 0 Å². The van der Waals surface area contributed by atoms with Crippen LogP contribution in [-0.2, 0) is 19.1 Å². The molecule has 0 radical (unpaired) electrons. The van der Waals surface area contributed by atoms with E-state index in [1.165, 1.54) is 0 Å². The van der Waals surface area contributed by atoms with E-state index >= 15 is 0 Å². The van der Waals surface area contributed by atoms with Gasteiger partial charge in [-0.2, -0.15) is 0 Å². The van der Waals surface area contributed by atoms with Gasteiger partial charge in [0.2, 0.25) is 0 Å². The highest BCUT2D eigenvalue weighted by atomic mass is 32.2. The summed E-state index contributed by atoms with van der Waals surface area (Å²) in [6.45, 7) is 19.3. The zero-order valence-electron chi connectivity index (χ0n) is 22.3. The molecular formula is C28H42O4SSi. The minimum absolute atomic E-state index is 0.00316. The first-order chi connectivity index (χ1) is 15.4. The van der Waals surface area contributed by atoms with Gasteiger partial charge in [-0.25, -0.2) is 8.42 Å². The number of hydrogen-bond acceptors (Lipinski definition) is 4. The summed E-state index contributed by atoms with van der Waals surface area (Å²) in [5.74, 6) is -0.757. The molecule has 0 saturated carbocycles. The van der Waals surface area contributed by atoms with E-state index in [9.17, 15) is 13.2 Å². The maximum atomic E-state index is 14.1. The Labute approximate surface area is 207 Å². The fourth-order valence-electron chi connectivity index (χ4n) is 5.23. The summed E-state index contributed by atoms with van der Waals surface area (Å²) in [6, 6.07) is 8.69. The van der Waals surface area contributed by atoms with Gasteiger partial charge < -0.3 is 4.43 Å². The van der Waals surface area contributed by atoms with Crippen LogP contribution >= 0.6 is 0 Å². The number of allylic oxidation sites excluding steroid dienone is 3. The summed E-state index contributed by atoms with van der Waals surface area (Å²) >= 11 is 0. The van der Waals surface area contributed by atoms with Crippen molar-refractivity contribution in [2.45, 2.75) is 89.3 Å². The number of hydrogen-bond donors (Lipinski definition) is 0. The van der Waals surface area contributed by atoms with Crippen LogP contribution in [0.1, 0.15) is 54.9 Å². The molecule has 34 heavy (non-hydrogen) atoms. The van der Waals surface area contributed by atoms with E-state index in [1.807, 2.05) is 19.1 Å². The molecule has 6 heteroatoms. The van der Waals surface area contributed by atoms with Gasteiger partial charge >= 0.3 is 0 Å².